The summed E-state index contributed by atoms with van der Waals surface area (Å²) in [6.45, 7) is 4.16. The summed E-state index contributed by atoms with van der Waals surface area (Å²) in [5.74, 6) is -6.54. The van der Waals surface area contributed by atoms with E-state index in [4.69, 9.17) is 0 Å². The average Bonchev–Trinajstić information content (AvgIpc) is 2.92. The zero-order valence-corrected chi connectivity index (χ0v) is 14.2. The normalized spacial score (nSPS) is 12.0. The molecule has 0 aliphatic carbocycles. The minimum atomic E-state index is -1.64. The molecule has 9 heteroatoms. The van der Waals surface area contributed by atoms with Gasteiger partial charge in [0.1, 0.15) is 6.04 Å². The summed E-state index contributed by atoms with van der Waals surface area (Å²) in [5.41, 5.74) is 0.549. The SMILES string of the molecule is CCCn1cc(C(=O)N[C@H](Cc2cc(F)c(F)c(F)c2)C(=O)O)c(C)n1. The molecule has 0 aliphatic heterocycles. The molecule has 2 N–H and O–H groups in total. The van der Waals surface area contributed by atoms with Crippen molar-refractivity contribution in [2.24, 2.45) is 0 Å². The monoisotopic (exact) mass is 369 g/mol. The van der Waals surface area contributed by atoms with Gasteiger partial charge in [-0.2, -0.15) is 5.10 Å². The van der Waals surface area contributed by atoms with Crippen molar-refractivity contribution in [2.75, 3.05) is 0 Å². The smallest absolute Gasteiger partial charge is 0.326 e. The predicted octanol–water partition coefficient (Wildman–Crippen LogP) is 2.44. The van der Waals surface area contributed by atoms with E-state index in [2.05, 4.69) is 10.4 Å². The van der Waals surface area contributed by atoms with Gasteiger partial charge in [-0.1, -0.05) is 6.92 Å². The van der Waals surface area contributed by atoms with Gasteiger partial charge in [0.25, 0.3) is 5.91 Å². The van der Waals surface area contributed by atoms with E-state index in [-0.39, 0.29) is 11.1 Å². The van der Waals surface area contributed by atoms with Crippen LogP contribution in [0.1, 0.15) is 35.0 Å². The highest BCUT2D eigenvalue weighted by atomic mass is 19.2. The Kier molecular flexibility index (Phi) is 6.01. The molecule has 2 aromatic rings. The molecule has 140 valence electrons. The Morgan fingerprint density at radius 2 is 1.88 bits per heavy atom. The van der Waals surface area contributed by atoms with E-state index in [0.717, 1.165) is 6.42 Å². The number of hydrogen-bond acceptors (Lipinski definition) is 3. The number of aromatic nitrogens is 2. The molecule has 0 fully saturated rings. The molecule has 0 spiro atoms. The number of aryl methyl sites for hydroxylation is 2. The summed E-state index contributed by atoms with van der Waals surface area (Å²) in [6, 6.07) is -0.0449. The molecule has 26 heavy (non-hydrogen) atoms. The van der Waals surface area contributed by atoms with E-state index in [1.54, 1.807) is 11.6 Å². The molecule has 0 saturated carbocycles. The van der Waals surface area contributed by atoms with E-state index in [9.17, 15) is 27.9 Å². The van der Waals surface area contributed by atoms with Gasteiger partial charge >= 0.3 is 5.97 Å². The molecule has 1 atom stereocenters. The maximum Gasteiger partial charge on any atom is 0.326 e. The number of benzene rings is 1. The topological polar surface area (TPSA) is 84.2 Å². The molecule has 0 unspecified atom stereocenters. The first kappa shape index (κ1) is 19.5. The Morgan fingerprint density at radius 1 is 1.27 bits per heavy atom. The van der Waals surface area contributed by atoms with Crippen molar-refractivity contribution in [1.29, 1.82) is 0 Å². The van der Waals surface area contributed by atoms with Gasteiger partial charge in [0.15, 0.2) is 17.5 Å². The number of carboxylic acid groups (broad SMARTS) is 1. The van der Waals surface area contributed by atoms with Gasteiger partial charge in [0.2, 0.25) is 0 Å². The molecule has 1 aromatic carbocycles. The van der Waals surface area contributed by atoms with Crippen LogP contribution in [0.25, 0.3) is 0 Å². The number of nitrogens with zero attached hydrogens (tertiary/aromatic N) is 2. The number of carbonyl (C=O) groups is 2. The third-order valence-corrected chi connectivity index (χ3v) is 3.73. The van der Waals surface area contributed by atoms with Gasteiger partial charge in [0, 0.05) is 19.2 Å². The number of halogens is 3. The maximum atomic E-state index is 13.3. The Balaban J connectivity index is 2.18. The number of carbonyl (C=O) groups excluding carboxylic acids is 1. The zero-order valence-electron chi connectivity index (χ0n) is 14.2. The molecule has 2 rings (SSSR count). The van der Waals surface area contributed by atoms with Crippen LogP contribution in [0.4, 0.5) is 13.2 Å². The van der Waals surface area contributed by atoms with Crippen LogP contribution in [0.15, 0.2) is 18.3 Å². The van der Waals surface area contributed by atoms with Crippen LogP contribution in [-0.4, -0.2) is 32.8 Å². The Morgan fingerprint density at radius 3 is 2.42 bits per heavy atom. The fraction of sp³-hybridized carbons (Fsp3) is 0.353. The molecule has 0 bridgehead atoms. The summed E-state index contributed by atoms with van der Waals surface area (Å²) >= 11 is 0. The summed E-state index contributed by atoms with van der Waals surface area (Å²) in [7, 11) is 0. The highest BCUT2D eigenvalue weighted by Gasteiger charge is 2.24. The van der Waals surface area contributed by atoms with Crippen LogP contribution in [-0.2, 0) is 17.8 Å². The number of rotatable bonds is 7. The second kappa shape index (κ2) is 8.03. The van der Waals surface area contributed by atoms with Crippen LogP contribution in [0.5, 0.6) is 0 Å². The summed E-state index contributed by atoms with van der Waals surface area (Å²) < 4.78 is 41.1. The van der Waals surface area contributed by atoms with E-state index < -0.39 is 41.8 Å². The average molecular weight is 369 g/mol. The van der Waals surface area contributed by atoms with Crippen molar-refractivity contribution in [2.45, 2.75) is 39.3 Å². The minimum Gasteiger partial charge on any atom is -0.480 e. The number of hydrogen-bond donors (Lipinski definition) is 2. The van der Waals surface area contributed by atoms with Gasteiger partial charge in [-0.3, -0.25) is 9.48 Å². The Bertz CT molecular complexity index is 813. The molecule has 1 amide bonds. The zero-order chi connectivity index (χ0) is 19.4. The van der Waals surface area contributed by atoms with E-state index in [0.29, 0.717) is 24.4 Å². The van der Waals surface area contributed by atoms with Gasteiger partial charge < -0.3 is 10.4 Å². The first-order valence-corrected chi connectivity index (χ1v) is 7.94. The third kappa shape index (κ3) is 4.41. The fourth-order valence-corrected chi connectivity index (χ4v) is 2.48. The second-order valence-corrected chi connectivity index (χ2v) is 5.83. The number of amides is 1. The first-order valence-electron chi connectivity index (χ1n) is 7.94. The Labute approximate surface area is 147 Å². The lowest BCUT2D eigenvalue weighted by Gasteiger charge is -2.14. The van der Waals surface area contributed by atoms with Gasteiger partial charge in [-0.25, -0.2) is 18.0 Å². The van der Waals surface area contributed by atoms with Gasteiger partial charge in [-0.15, -0.1) is 0 Å². The van der Waals surface area contributed by atoms with Crippen LogP contribution < -0.4 is 5.32 Å². The van der Waals surface area contributed by atoms with Gasteiger partial charge in [-0.05, 0) is 31.0 Å². The highest BCUT2D eigenvalue weighted by Crippen LogP contribution is 2.15. The second-order valence-electron chi connectivity index (χ2n) is 5.83. The van der Waals surface area contributed by atoms with E-state index >= 15 is 0 Å². The highest BCUT2D eigenvalue weighted by molar-refractivity contribution is 5.97. The summed E-state index contributed by atoms with van der Waals surface area (Å²) in [6.07, 6.45) is 1.91. The molecule has 0 saturated heterocycles. The van der Waals surface area contributed by atoms with Crippen LogP contribution in [0.2, 0.25) is 0 Å². The number of nitrogens with one attached hydrogen (secondary N) is 1. The standard InChI is InChI=1S/C17H18F3N3O3/c1-3-4-23-8-11(9(2)22-23)16(24)21-14(17(25)26)7-10-5-12(18)15(20)13(19)6-10/h5-6,8,14H,3-4,7H2,1-2H3,(H,21,24)(H,25,26)/t14-/m1/s1. The lowest BCUT2D eigenvalue weighted by atomic mass is 10.0. The maximum absolute atomic E-state index is 13.3. The Hall–Kier alpha value is -2.84. The third-order valence-electron chi connectivity index (χ3n) is 3.73. The van der Waals surface area contributed by atoms with Crippen molar-refractivity contribution in [1.82, 2.24) is 15.1 Å². The van der Waals surface area contributed by atoms with Gasteiger partial charge in [0.05, 0.1) is 11.3 Å². The number of aliphatic carboxylic acids is 1. The van der Waals surface area contributed by atoms with Crippen molar-refractivity contribution in [3.8, 4) is 0 Å². The predicted molar refractivity (Wildman–Crippen MR) is 86.2 cm³/mol. The molecule has 1 aromatic heterocycles. The first-order chi connectivity index (χ1) is 12.2. The van der Waals surface area contributed by atoms with E-state index in [1.165, 1.54) is 6.20 Å². The summed E-state index contributed by atoms with van der Waals surface area (Å²) in [4.78, 5) is 23.7. The quantitative estimate of drug-likeness (QED) is 0.735. The molecule has 0 radical (unpaired) electrons. The van der Waals surface area contributed by atoms with Crippen LogP contribution in [0, 0.1) is 24.4 Å². The van der Waals surface area contributed by atoms with Crippen molar-refractivity contribution >= 4 is 11.9 Å². The molecule has 0 aliphatic rings. The summed E-state index contributed by atoms with van der Waals surface area (Å²) in [5, 5.41) is 15.7. The van der Waals surface area contributed by atoms with Crippen LogP contribution in [0.3, 0.4) is 0 Å². The van der Waals surface area contributed by atoms with Crippen molar-refractivity contribution < 1.29 is 27.9 Å². The lowest BCUT2D eigenvalue weighted by Crippen LogP contribution is -2.42. The van der Waals surface area contributed by atoms with Crippen molar-refractivity contribution in [3.05, 3.63) is 52.6 Å². The molecule has 1 heterocycles. The largest absolute Gasteiger partial charge is 0.480 e. The molecular weight excluding hydrogens is 351 g/mol. The number of carboxylic acids is 1. The lowest BCUT2D eigenvalue weighted by molar-refractivity contribution is -0.139. The van der Waals surface area contributed by atoms with E-state index in [1.807, 2.05) is 6.92 Å². The fourth-order valence-electron chi connectivity index (χ4n) is 2.48. The minimum absolute atomic E-state index is 0.0903. The van der Waals surface area contributed by atoms with Crippen LogP contribution >= 0.6 is 0 Å². The molecular formula is C17H18F3N3O3. The van der Waals surface area contributed by atoms with Crippen molar-refractivity contribution in [3.63, 3.8) is 0 Å². The molecule has 6 nitrogen and oxygen atoms in total.